The van der Waals surface area contributed by atoms with Gasteiger partial charge in [0, 0.05) is 18.9 Å². The zero-order valence-corrected chi connectivity index (χ0v) is 12.1. The van der Waals surface area contributed by atoms with Crippen LogP contribution in [0.15, 0.2) is 53.7 Å². The molecule has 2 aromatic rings. The summed E-state index contributed by atoms with van der Waals surface area (Å²) in [5.74, 6) is -0.697. The van der Waals surface area contributed by atoms with Crippen molar-refractivity contribution < 1.29 is 17.9 Å². The fraction of sp³-hybridized carbons (Fsp3) is 0.143. The number of ether oxygens (including phenoxy) is 1. The van der Waals surface area contributed by atoms with Gasteiger partial charge in [-0.2, -0.15) is 0 Å². The molecule has 0 amide bonds. The first-order valence-corrected chi connectivity index (χ1v) is 7.59. The van der Waals surface area contributed by atoms with E-state index in [0.717, 1.165) is 5.56 Å². The third-order valence-corrected chi connectivity index (χ3v) is 4.23. The lowest BCUT2D eigenvalue weighted by molar-refractivity contribution is 0.0596. The number of carbonyl (C=O) groups excluding carboxylic acids is 1. The Labute approximate surface area is 122 Å². The predicted octanol–water partition coefficient (Wildman–Crippen LogP) is 1.35. The molecule has 1 aromatic carbocycles. The molecule has 0 atom stereocenters. The molecule has 0 fully saturated rings. The van der Waals surface area contributed by atoms with Crippen molar-refractivity contribution in [2.75, 3.05) is 7.11 Å². The monoisotopic (exact) mass is 306 g/mol. The maximum atomic E-state index is 12.3. The molecule has 0 radical (unpaired) electrons. The van der Waals surface area contributed by atoms with Gasteiger partial charge in [0.05, 0.1) is 17.6 Å². The first-order chi connectivity index (χ1) is 10.0. The van der Waals surface area contributed by atoms with Gasteiger partial charge in [-0.25, -0.2) is 17.9 Å². The number of nitrogens with one attached hydrogen (secondary N) is 1. The molecule has 21 heavy (non-hydrogen) atoms. The molecule has 0 aliphatic heterocycles. The molecular formula is C14H14N2O4S. The van der Waals surface area contributed by atoms with Gasteiger partial charge >= 0.3 is 5.97 Å². The molecule has 1 aromatic heterocycles. The molecule has 1 N–H and O–H groups in total. The number of rotatable bonds is 5. The number of methoxy groups -OCH3 is 1. The lowest BCUT2D eigenvalue weighted by Gasteiger charge is -2.10. The summed E-state index contributed by atoms with van der Waals surface area (Å²) in [4.78, 5) is 15.4. The number of hydrogen-bond donors (Lipinski definition) is 1. The van der Waals surface area contributed by atoms with Crippen LogP contribution < -0.4 is 4.72 Å². The summed E-state index contributed by atoms with van der Waals surface area (Å²) in [7, 11) is -2.62. The average Bonchev–Trinajstić information content (AvgIpc) is 2.53. The van der Waals surface area contributed by atoms with Crippen molar-refractivity contribution in [1.82, 2.24) is 9.71 Å². The van der Waals surface area contributed by atoms with E-state index in [-0.39, 0.29) is 17.0 Å². The summed E-state index contributed by atoms with van der Waals surface area (Å²) in [6, 6.07) is 9.35. The molecule has 0 aliphatic rings. The molecule has 0 bridgehead atoms. The van der Waals surface area contributed by atoms with Gasteiger partial charge in [0.2, 0.25) is 10.0 Å². The SMILES string of the molecule is COC(=O)c1ccccc1S(=O)(=O)NCc1cccnc1. The minimum absolute atomic E-state index is 0.00122. The number of benzene rings is 1. The van der Waals surface area contributed by atoms with E-state index in [2.05, 4.69) is 14.4 Å². The summed E-state index contributed by atoms with van der Waals surface area (Å²) in [5.41, 5.74) is 0.718. The normalized spacial score (nSPS) is 11.1. The van der Waals surface area contributed by atoms with Gasteiger partial charge in [0.1, 0.15) is 0 Å². The Kier molecular flexibility index (Phi) is 4.66. The third kappa shape index (κ3) is 3.65. The molecule has 7 heteroatoms. The molecule has 0 saturated carbocycles. The Morgan fingerprint density at radius 2 is 2.00 bits per heavy atom. The quantitative estimate of drug-likeness (QED) is 0.843. The summed E-state index contributed by atoms with van der Waals surface area (Å²) in [6.07, 6.45) is 3.17. The van der Waals surface area contributed by atoms with Crippen molar-refractivity contribution >= 4 is 16.0 Å². The van der Waals surface area contributed by atoms with E-state index in [9.17, 15) is 13.2 Å². The van der Waals surface area contributed by atoms with Crippen LogP contribution >= 0.6 is 0 Å². The molecular weight excluding hydrogens is 292 g/mol. The zero-order valence-electron chi connectivity index (χ0n) is 11.3. The Morgan fingerprint density at radius 3 is 2.67 bits per heavy atom. The highest BCUT2D eigenvalue weighted by Gasteiger charge is 2.22. The fourth-order valence-electron chi connectivity index (χ4n) is 1.74. The van der Waals surface area contributed by atoms with Gasteiger partial charge in [-0.3, -0.25) is 4.98 Å². The summed E-state index contributed by atoms with van der Waals surface area (Å²) >= 11 is 0. The Morgan fingerprint density at radius 1 is 1.24 bits per heavy atom. The summed E-state index contributed by atoms with van der Waals surface area (Å²) < 4.78 is 31.6. The zero-order chi connectivity index (χ0) is 15.3. The van der Waals surface area contributed by atoms with Crippen molar-refractivity contribution in [3.05, 3.63) is 59.9 Å². The van der Waals surface area contributed by atoms with E-state index >= 15 is 0 Å². The van der Waals surface area contributed by atoms with Crippen LogP contribution in [-0.4, -0.2) is 26.5 Å². The number of aromatic nitrogens is 1. The van der Waals surface area contributed by atoms with Crippen molar-refractivity contribution in [3.8, 4) is 0 Å². The highest BCUT2D eigenvalue weighted by molar-refractivity contribution is 7.89. The second-order valence-electron chi connectivity index (χ2n) is 4.17. The second-order valence-corrected chi connectivity index (χ2v) is 5.91. The largest absolute Gasteiger partial charge is 0.465 e. The standard InChI is InChI=1S/C14H14N2O4S/c1-20-14(17)12-6-2-3-7-13(12)21(18,19)16-10-11-5-4-8-15-9-11/h2-9,16H,10H2,1H3. The van der Waals surface area contributed by atoms with E-state index in [0.29, 0.717) is 0 Å². The van der Waals surface area contributed by atoms with Crippen molar-refractivity contribution in [2.24, 2.45) is 0 Å². The third-order valence-electron chi connectivity index (χ3n) is 2.77. The Balaban J connectivity index is 2.26. The number of sulfonamides is 1. The summed E-state index contributed by atoms with van der Waals surface area (Å²) in [5, 5.41) is 0. The molecule has 0 spiro atoms. The maximum absolute atomic E-state index is 12.3. The molecule has 6 nitrogen and oxygen atoms in total. The lowest BCUT2D eigenvalue weighted by Crippen LogP contribution is -2.25. The average molecular weight is 306 g/mol. The lowest BCUT2D eigenvalue weighted by atomic mass is 10.2. The first kappa shape index (κ1) is 15.1. The van der Waals surface area contributed by atoms with Gasteiger partial charge in [-0.05, 0) is 23.8 Å². The van der Waals surface area contributed by atoms with Gasteiger partial charge < -0.3 is 4.74 Å². The fourth-order valence-corrected chi connectivity index (χ4v) is 2.95. The van der Waals surface area contributed by atoms with Crippen molar-refractivity contribution in [3.63, 3.8) is 0 Å². The second kappa shape index (κ2) is 6.47. The first-order valence-electron chi connectivity index (χ1n) is 6.10. The number of hydrogen-bond acceptors (Lipinski definition) is 5. The van der Waals surface area contributed by atoms with Gasteiger partial charge in [-0.15, -0.1) is 0 Å². The smallest absolute Gasteiger partial charge is 0.339 e. The van der Waals surface area contributed by atoms with E-state index < -0.39 is 16.0 Å². The molecule has 0 saturated heterocycles. The number of pyridine rings is 1. The van der Waals surface area contributed by atoms with Crippen LogP contribution in [0.4, 0.5) is 0 Å². The van der Waals surface area contributed by atoms with Crippen LogP contribution in [0, 0.1) is 0 Å². The van der Waals surface area contributed by atoms with Crippen LogP contribution in [0.3, 0.4) is 0 Å². The van der Waals surface area contributed by atoms with Crippen LogP contribution in [0.25, 0.3) is 0 Å². The highest BCUT2D eigenvalue weighted by atomic mass is 32.2. The topological polar surface area (TPSA) is 85.4 Å². The highest BCUT2D eigenvalue weighted by Crippen LogP contribution is 2.16. The number of nitrogens with zero attached hydrogens (tertiary/aromatic N) is 1. The number of carbonyl (C=O) groups is 1. The van der Waals surface area contributed by atoms with Gasteiger partial charge in [0.25, 0.3) is 0 Å². The predicted molar refractivity (Wildman–Crippen MR) is 76.0 cm³/mol. The molecule has 0 unspecified atom stereocenters. The molecule has 110 valence electrons. The van der Waals surface area contributed by atoms with Crippen molar-refractivity contribution in [2.45, 2.75) is 11.4 Å². The van der Waals surface area contributed by atoms with E-state index in [4.69, 9.17) is 0 Å². The maximum Gasteiger partial charge on any atom is 0.339 e. The van der Waals surface area contributed by atoms with Crippen LogP contribution in [0.5, 0.6) is 0 Å². The molecule has 1 heterocycles. The van der Waals surface area contributed by atoms with Gasteiger partial charge in [0.15, 0.2) is 0 Å². The molecule has 0 aliphatic carbocycles. The van der Waals surface area contributed by atoms with Crippen LogP contribution in [0.2, 0.25) is 0 Å². The van der Waals surface area contributed by atoms with E-state index in [1.54, 1.807) is 36.7 Å². The Bertz CT molecular complexity index is 730. The van der Waals surface area contributed by atoms with Crippen molar-refractivity contribution in [1.29, 1.82) is 0 Å². The molecule has 2 rings (SSSR count). The number of esters is 1. The summed E-state index contributed by atoms with van der Waals surface area (Å²) in [6.45, 7) is 0.0890. The minimum Gasteiger partial charge on any atom is -0.465 e. The van der Waals surface area contributed by atoms with Crippen LogP contribution in [-0.2, 0) is 21.3 Å². The minimum atomic E-state index is -3.82. The van der Waals surface area contributed by atoms with E-state index in [1.165, 1.54) is 19.2 Å². The van der Waals surface area contributed by atoms with Crippen LogP contribution in [0.1, 0.15) is 15.9 Å². The van der Waals surface area contributed by atoms with E-state index in [1.807, 2.05) is 0 Å². The Hall–Kier alpha value is -2.25. The van der Waals surface area contributed by atoms with Gasteiger partial charge in [-0.1, -0.05) is 18.2 Å².